The molecule has 0 aliphatic rings. The molecule has 1 heterocycles. The van der Waals surface area contributed by atoms with Crippen molar-refractivity contribution in [1.29, 1.82) is 0 Å². The van der Waals surface area contributed by atoms with Crippen molar-refractivity contribution < 1.29 is 9.18 Å². The van der Waals surface area contributed by atoms with Crippen LogP contribution in [0.2, 0.25) is 0 Å². The van der Waals surface area contributed by atoms with Gasteiger partial charge in [0.15, 0.2) is 0 Å². The SMILES string of the molecule is Cc1ccccc1-c1nnn(CC(=O)N[C@@H](C)c2ccc(F)cc2)n1. The Kier molecular flexibility index (Phi) is 4.83. The average Bonchev–Trinajstić information content (AvgIpc) is 3.03. The van der Waals surface area contributed by atoms with Gasteiger partial charge >= 0.3 is 0 Å². The van der Waals surface area contributed by atoms with Crippen LogP contribution in [0.1, 0.15) is 24.1 Å². The zero-order valence-corrected chi connectivity index (χ0v) is 14.0. The van der Waals surface area contributed by atoms with Crippen molar-refractivity contribution in [2.75, 3.05) is 0 Å². The molecule has 3 aromatic rings. The lowest BCUT2D eigenvalue weighted by atomic mass is 10.1. The summed E-state index contributed by atoms with van der Waals surface area (Å²) in [6, 6.07) is 13.5. The number of amides is 1. The number of aryl methyl sites for hydroxylation is 1. The van der Waals surface area contributed by atoms with Crippen molar-refractivity contribution in [3.63, 3.8) is 0 Å². The van der Waals surface area contributed by atoms with E-state index in [2.05, 4.69) is 20.7 Å². The predicted molar refractivity (Wildman–Crippen MR) is 90.9 cm³/mol. The molecule has 0 radical (unpaired) electrons. The van der Waals surface area contributed by atoms with Gasteiger partial charge in [0.2, 0.25) is 11.7 Å². The minimum Gasteiger partial charge on any atom is -0.348 e. The maximum Gasteiger partial charge on any atom is 0.244 e. The molecule has 1 N–H and O–H groups in total. The summed E-state index contributed by atoms with van der Waals surface area (Å²) in [7, 11) is 0. The van der Waals surface area contributed by atoms with Crippen molar-refractivity contribution in [2.24, 2.45) is 0 Å². The van der Waals surface area contributed by atoms with Gasteiger partial charge in [-0.2, -0.15) is 4.80 Å². The highest BCUT2D eigenvalue weighted by Crippen LogP contribution is 2.18. The summed E-state index contributed by atoms with van der Waals surface area (Å²) < 4.78 is 13.0. The lowest BCUT2D eigenvalue weighted by molar-refractivity contribution is -0.122. The van der Waals surface area contributed by atoms with Crippen LogP contribution in [0.5, 0.6) is 0 Å². The van der Waals surface area contributed by atoms with Crippen LogP contribution >= 0.6 is 0 Å². The van der Waals surface area contributed by atoms with Gasteiger partial charge in [-0.05, 0) is 42.3 Å². The normalized spacial score (nSPS) is 12.0. The summed E-state index contributed by atoms with van der Waals surface area (Å²) in [6.07, 6.45) is 0. The Morgan fingerprint density at radius 2 is 1.92 bits per heavy atom. The summed E-state index contributed by atoms with van der Waals surface area (Å²) in [5, 5.41) is 15.0. The fraction of sp³-hybridized carbons (Fsp3) is 0.222. The van der Waals surface area contributed by atoms with E-state index in [1.54, 1.807) is 12.1 Å². The number of halogens is 1. The number of hydrogen-bond acceptors (Lipinski definition) is 4. The first-order valence-electron chi connectivity index (χ1n) is 7.91. The van der Waals surface area contributed by atoms with Crippen LogP contribution < -0.4 is 5.32 Å². The molecule has 0 bridgehead atoms. The van der Waals surface area contributed by atoms with Crippen LogP contribution in [0, 0.1) is 12.7 Å². The largest absolute Gasteiger partial charge is 0.348 e. The first kappa shape index (κ1) is 16.8. The molecule has 1 amide bonds. The van der Waals surface area contributed by atoms with E-state index < -0.39 is 0 Å². The molecular weight excluding hydrogens is 321 g/mol. The van der Waals surface area contributed by atoms with Gasteiger partial charge < -0.3 is 5.32 Å². The summed E-state index contributed by atoms with van der Waals surface area (Å²) in [5.74, 6) is -0.0686. The first-order valence-corrected chi connectivity index (χ1v) is 7.91. The highest BCUT2D eigenvalue weighted by atomic mass is 19.1. The average molecular weight is 339 g/mol. The van der Waals surface area contributed by atoms with Crippen molar-refractivity contribution >= 4 is 5.91 Å². The lowest BCUT2D eigenvalue weighted by Crippen LogP contribution is -2.30. The number of tetrazole rings is 1. The summed E-state index contributed by atoms with van der Waals surface area (Å²) in [4.78, 5) is 13.4. The number of carbonyl (C=O) groups is 1. The molecule has 0 aliphatic carbocycles. The number of aromatic nitrogens is 4. The van der Waals surface area contributed by atoms with Gasteiger partial charge in [0.05, 0.1) is 6.04 Å². The fourth-order valence-electron chi connectivity index (χ4n) is 2.49. The van der Waals surface area contributed by atoms with Gasteiger partial charge in [-0.1, -0.05) is 36.4 Å². The topological polar surface area (TPSA) is 72.7 Å². The number of rotatable bonds is 5. The van der Waals surface area contributed by atoms with Gasteiger partial charge in [0, 0.05) is 5.56 Å². The first-order chi connectivity index (χ1) is 12.0. The molecule has 2 aromatic carbocycles. The third-order valence-electron chi connectivity index (χ3n) is 3.87. The Bertz CT molecular complexity index is 875. The Morgan fingerprint density at radius 1 is 1.20 bits per heavy atom. The number of hydrogen-bond donors (Lipinski definition) is 1. The highest BCUT2D eigenvalue weighted by molar-refractivity contribution is 5.76. The number of nitrogens with one attached hydrogen (secondary N) is 1. The second kappa shape index (κ2) is 7.21. The molecule has 0 aliphatic heterocycles. The zero-order valence-electron chi connectivity index (χ0n) is 14.0. The van der Waals surface area contributed by atoms with Crippen LogP contribution in [0.3, 0.4) is 0 Å². The molecule has 25 heavy (non-hydrogen) atoms. The van der Waals surface area contributed by atoms with Crippen LogP contribution in [0.15, 0.2) is 48.5 Å². The molecule has 128 valence electrons. The number of benzene rings is 2. The molecule has 1 aromatic heterocycles. The maximum atomic E-state index is 13.0. The van der Waals surface area contributed by atoms with Crippen LogP contribution in [0.4, 0.5) is 4.39 Å². The smallest absolute Gasteiger partial charge is 0.244 e. The molecular formula is C18H18FN5O. The second-order valence-electron chi connectivity index (χ2n) is 5.80. The molecule has 6 nitrogen and oxygen atoms in total. The Balaban J connectivity index is 1.64. The van der Waals surface area contributed by atoms with E-state index in [-0.39, 0.29) is 24.3 Å². The van der Waals surface area contributed by atoms with E-state index >= 15 is 0 Å². The third kappa shape index (κ3) is 4.06. The quantitative estimate of drug-likeness (QED) is 0.776. The van der Waals surface area contributed by atoms with E-state index in [0.29, 0.717) is 5.82 Å². The molecule has 0 saturated carbocycles. The molecule has 0 fully saturated rings. The third-order valence-corrected chi connectivity index (χ3v) is 3.87. The monoisotopic (exact) mass is 339 g/mol. The highest BCUT2D eigenvalue weighted by Gasteiger charge is 2.13. The standard InChI is InChI=1S/C18H18FN5O/c1-12-5-3-4-6-16(12)18-21-23-24(22-18)11-17(25)20-13(2)14-7-9-15(19)10-8-14/h3-10,13H,11H2,1-2H3,(H,20,25)/t13-/m0/s1. The van der Waals surface area contributed by atoms with Gasteiger partial charge in [0.25, 0.3) is 0 Å². The van der Waals surface area contributed by atoms with E-state index in [9.17, 15) is 9.18 Å². The summed E-state index contributed by atoms with van der Waals surface area (Å²) in [6.45, 7) is 3.76. The van der Waals surface area contributed by atoms with E-state index in [1.807, 2.05) is 38.1 Å². The van der Waals surface area contributed by atoms with Gasteiger partial charge in [0.1, 0.15) is 12.4 Å². The second-order valence-corrected chi connectivity index (χ2v) is 5.80. The fourth-order valence-corrected chi connectivity index (χ4v) is 2.49. The molecule has 0 saturated heterocycles. The van der Waals surface area contributed by atoms with Gasteiger partial charge in [-0.3, -0.25) is 4.79 Å². The van der Waals surface area contributed by atoms with Gasteiger partial charge in [-0.15, -0.1) is 10.2 Å². The van der Waals surface area contributed by atoms with Crippen molar-refractivity contribution in [3.8, 4) is 11.4 Å². The van der Waals surface area contributed by atoms with E-state index in [4.69, 9.17) is 0 Å². The molecule has 0 spiro atoms. The Labute approximate surface area is 144 Å². The van der Waals surface area contributed by atoms with Crippen molar-refractivity contribution in [1.82, 2.24) is 25.5 Å². The Hall–Kier alpha value is -3.09. The summed E-state index contributed by atoms with van der Waals surface area (Å²) >= 11 is 0. The maximum absolute atomic E-state index is 13.0. The van der Waals surface area contributed by atoms with Crippen LogP contribution in [-0.2, 0) is 11.3 Å². The van der Waals surface area contributed by atoms with Gasteiger partial charge in [-0.25, -0.2) is 4.39 Å². The molecule has 7 heteroatoms. The molecule has 3 rings (SSSR count). The minimum atomic E-state index is -0.308. The summed E-state index contributed by atoms with van der Waals surface area (Å²) in [5.41, 5.74) is 2.74. The predicted octanol–water partition coefficient (Wildman–Crippen LogP) is 2.67. The van der Waals surface area contributed by atoms with Crippen molar-refractivity contribution in [2.45, 2.75) is 26.4 Å². The zero-order chi connectivity index (χ0) is 17.8. The van der Waals surface area contributed by atoms with Crippen molar-refractivity contribution in [3.05, 3.63) is 65.5 Å². The Morgan fingerprint density at radius 3 is 2.64 bits per heavy atom. The number of carbonyl (C=O) groups excluding carboxylic acids is 1. The van der Waals surface area contributed by atoms with Crippen LogP contribution in [-0.4, -0.2) is 26.1 Å². The van der Waals surface area contributed by atoms with Crippen LogP contribution in [0.25, 0.3) is 11.4 Å². The van der Waals surface area contributed by atoms with E-state index in [0.717, 1.165) is 16.7 Å². The molecule has 0 unspecified atom stereocenters. The molecule has 1 atom stereocenters. The minimum absolute atomic E-state index is 0.0373. The lowest BCUT2D eigenvalue weighted by Gasteiger charge is -2.13. The number of nitrogens with zero attached hydrogens (tertiary/aromatic N) is 4. The van der Waals surface area contributed by atoms with E-state index in [1.165, 1.54) is 16.9 Å².